The van der Waals surface area contributed by atoms with Crippen LogP contribution in [0.3, 0.4) is 0 Å². The summed E-state index contributed by atoms with van der Waals surface area (Å²) in [6.45, 7) is 3.99. The number of aliphatic hydroxyl groups excluding tert-OH is 1. The van der Waals surface area contributed by atoms with Gasteiger partial charge in [-0.15, -0.1) is 11.3 Å². The molecule has 0 amide bonds. The maximum Gasteiger partial charge on any atom is 0.0543 e. The molecule has 0 fully saturated rings. The van der Waals surface area contributed by atoms with E-state index in [0.717, 1.165) is 12.8 Å². The Labute approximate surface area is 91.9 Å². The molecule has 1 nitrogen and oxygen atoms in total. The van der Waals surface area contributed by atoms with Crippen molar-refractivity contribution in [3.63, 3.8) is 0 Å². The molecular weight excluding hydrogens is 248 g/mol. The Hall–Kier alpha value is 0.140. The van der Waals surface area contributed by atoms with Gasteiger partial charge >= 0.3 is 0 Å². The number of hydrogen-bond acceptors (Lipinski definition) is 2. The Morgan fingerprint density at radius 2 is 2.31 bits per heavy atom. The van der Waals surface area contributed by atoms with Gasteiger partial charge in [0.2, 0.25) is 0 Å². The second-order valence-electron chi connectivity index (χ2n) is 3.30. The van der Waals surface area contributed by atoms with Gasteiger partial charge in [-0.2, -0.15) is 0 Å². The molecule has 1 N–H and O–H groups in total. The zero-order valence-corrected chi connectivity index (χ0v) is 10.4. The van der Waals surface area contributed by atoms with Gasteiger partial charge in [0.1, 0.15) is 0 Å². The molecule has 2 unspecified atom stereocenters. The van der Waals surface area contributed by atoms with Crippen molar-refractivity contribution in [3.8, 4) is 0 Å². The Kier molecular flexibility index (Phi) is 4.42. The fourth-order valence-corrected chi connectivity index (χ4v) is 2.97. The second-order valence-corrected chi connectivity index (χ2v) is 5.16. The molecule has 1 aromatic heterocycles. The Balaban J connectivity index is 2.62. The van der Waals surface area contributed by atoms with Crippen LogP contribution in [-0.4, -0.2) is 11.2 Å². The fourth-order valence-electron chi connectivity index (χ4n) is 1.36. The molecule has 2 atom stereocenters. The molecule has 13 heavy (non-hydrogen) atoms. The predicted molar refractivity (Wildman–Crippen MR) is 61.2 cm³/mol. The van der Waals surface area contributed by atoms with E-state index in [1.807, 2.05) is 6.92 Å². The van der Waals surface area contributed by atoms with Gasteiger partial charge in [-0.1, -0.05) is 13.3 Å². The predicted octanol–water partition coefficient (Wildman–Crippen LogP) is 3.46. The van der Waals surface area contributed by atoms with Gasteiger partial charge in [0.05, 0.1) is 6.10 Å². The van der Waals surface area contributed by atoms with Gasteiger partial charge in [-0.25, -0.2) is 0 Å². The largest absolute Gasteiger partial charge is 0.393 e. The SMILES string of the molecule is CCC(Cc1sccc1Br)C(C)O. The first-order valence-corrected chi connectivity index (χ1v) is 6.22. The van der Waals surface area contributed by atoms with Crippen molar-refractivity contribution in [1.82, 2.24) is 0 Å². The van der Waals surface area contributed by atoms with Crippen LogP contribution < -0.4 is 0 Å². The summed E-state index contributed by atoms with van der Waals surface area (Å²) >= 11 is 5.25. The van der Waals surface area contributed by atoms with Crippen LogP contribution in [-0.2, 0) is 6.42 Å². The highest BCUT2D eigenvalue weighted by molar-refractivity contribution is 9.10. The first-order chi connectivity index (χ1) is 6.15. The number of aliphatic hydroxyl groups is 1. The van der Waals surface area contributed by atoms with E-state index in [0.29, 0.717) is 5.92 Å². The third-order valence-electron chi connectivity index (χ3n) is 2.35. The van der Waals surface area contributed by atoms with E-state index in [1.165, 1.54) is 9.35 Å². The van der Waals surface area contributed by atoms with Crippen LogP contribution in [0.2, 0.25) is 0 Å². The zero-order chi connectivity index (χ0) is 9.84. The minimum Gasteiger partial charge on any atom is -0.393 e. The van der Waals surface area contributed by atoms with Crippen LogP contribution >= 0.6 is 27.3 Å². The molecule has 0 aromatic carbocycles. The standard InChI is InChI=1S/C10H15BrOS/c1-3-8(7(2)12)6-10-9(11)4-5-13-10/h4-5,7-8,12H,3,6H2,1-2H3. The second kappa shape index (κ2) is 5.13. The van der Waals surface area contributed by atoms with Gasteiger partial charge in [-0.05, 0) is 46.6 Å². The van der Waals surface area contributed by atoms with Gasteiger partial charge < -0.3 is 5.11 Å². The highest BCUT2D eigenvalue weighted by Gasteiger charge is 2.15. The van der Waals surface area contributed by atoms with Crippen molar-refractivity contribution in [3.05, 3.63) is 20.8 Å². The molecule has 74 valence electrons. The molecule has 0 bridgehead atoms. The molecule has 0 radical (unpaired) electrons. The van der Waals surface area contributed by atoms with Crippen LogP contribution in [0.5, 0.6) is 0 Å². The summed E-state index contributed by atoms with van der Waals surface area (Å²) in [5, 5.41) is 11.6. The van der Waals surface area contributed by atoms with E-state index >= 15 is 0 Å². The van der Waals surface area contributed by atoms with Crippen molar-refractivity contribution in [2.24, 2.45) is 5.92 Å². The first kappa shape index (κ1) is 11.2. The average molecular weight is 263 g/mol. The topological polar surface area (TPSA) is 20.2 Å². The zero-order valence-electron chi connectivity index (χ0n) is 7.96. The van der Waals surface area contributed by atoms with E-state index in [9.17, 15) is 5.11 Å². The van der Waals surface area contributed by atoms with Crippen molar-refractivity contribution >= 4 is 27.3 Å². The average Bonchev–Trinajstić information content (AvgIpc) is 2.46. The summed E-state index contributed by atoms with van der Waals surface area (Å²) in [7, 11) is 0. The van der Waals surface area contributed by atoms with Gasteiger partial charge in [-0.3, -0.25) is 0 Å². The minimum atomic E-state index is -0.209. The molecule has 1 heterocycles. The molecule has 1 rings (SSSR count). The van der Waals surface area contributed by atoms with E-state index < -0.39 is 0 Å². The lowest BCUT2D eigenvalue weighted by Gasteiger charge is -2.17. The fraction of sp³-hybridized carbons (Fsp3) is 0.600. The lowest BCUT2D eigenvalue weighted by atomic mass is 9.96. The van der Waals surface area contributed by atoms with Crippen LogP contribution in [0, 0.1) is 5.92 Å². The molecular formula is C10H15BrOS. The highest BCUT2D eigenvalue weighted by Crippen LogP contribution is 2.27. The lowest BCUT2D eigenvalue weighted by molar-refractivity contribution is 0.123. The maximum absolute atomic E-state index is 9.49. The lowest BCUT2D eigenvalue weighted by Crippen LogP contribution is -2.17. The maximum atomic E-state index is 9.49. The van der Waals surface area contributed by atoms with Crippen LogP contribution in [0.25, 0.3) is 0 Å². The summed E-state index contributed by atoms with van der Waals surface area (Å²) < 4.78 is 1.18. The molecule has 0 spiro atoms. The third kappa shape index (κ3) is 3.08. The molecule has 0 aliphatic carbocycles. The summed E-state index contributed by atoms with van der Waals surface area (Å²) in [4.78, 5) is 1.34. The monoisotopic (exact) mass is 262 g/mol. The quantitative estimate of drug-likeness (QED) is 0.882. The smallest absolute Gasteiger partial charge is 0.0543 e. The van der Waals surface area contributed by atoms with Crippen molar-refractivity contribution in [2.45, 2.75) is 32.8 Å². The van der Waals surface area contributed by atoms with Gasteiger partial charge in [0.15, 0.2) is 0 Å². The number of thiophene rings is 1. The van der Waals surface area contributed by atoms with E-state index in [4.69, 9.17) is 0 Å². The molecule has 0 saturated heterocycles. The Morgan fingerprint density at radius 1 is 1.62 bits per heavy atom. The van der Waals surface area contributed by atoms with Gasteiger partial charge in [0.25, 0.3) is 0 Å². The van der Waals surface area contributed by atoms with E-state index in [1.54, 1.807) is 11.3 Å². The number of halogens is 1. The van der Waals surface area contributed by atoms with Gasteiger partial charge in [0, 0.05) is 9.35 Å². The molecule has 0 saturated carbocycles. The molecule has 0 aliphatic heterocycles. The van der Waals surface area contributed by atoms with Crippen LogP contribution in [0.15, 0.2) is 15.9 Å². The first-order valence-electron chi connectivity index (χ1n) is 4.55. The number of rotatable bonds is 4. The Bertz CT molecular complexity index is 257. The molecule has 3 heteroatoms. The summed E-state index contributed by atoms with van der Waals surface area (Å²) in [5.41, 5.74) is 0. The summed E-state index contributed by atoms with van der Waals surface area (Å²) in [6.07, 6.45) is 1.80. The molecule has 0 aliphatic rings. The van der Waals surface area contributed by atoms with E-state index in [-0.39, 0.29) is 6.10 Å². The number of hydrogen-bond donors (Lipinski definition) is 1. The van der Waals surface area contributed by atoms with Crippen LogP contribution in [0.1, 0.15) is 25.1 Å². The normalized spacial score (nSPS) is 15.7. The van der Waals surface area contributed by atoms with Crippen LogP contribution in [0.4, 0.5) is 0 Å². The van der Waals surface area contributed by atoms with Crippen molar-refractivity contribution in [1.29, 1.82) is 0 Å². The van der Waals surface area contributed by atoms with Crippen molar-refractivity contribution in [2.75, 3.05) is 0 Å². The summed E-state index contributed by atoms with van der Waals surface area (Å²) in [5.74, 6) is 0.384. The molecule has 1 aromatic rings. The highest BCUT2D eigenvalue weighted by atomic mass is 79.9. The minimum absolute atomic E-state index is 0.209. The van der Waals surface area contributed by atoms with Crippen molar-refractivity contribution < 1.29 is 5.11 Å². The van der Waals surface area contributed by atoms with E-state index in [2.05, 4.69) is 34.3 Å². The Morgan fingerprint density at radius 3 is 2.69 bits per heavy atom. The third-order valence-corrected chi connectivity index (χ3v) is 4.29. The summed E-state index contributed by atoms with van der Waals surface area (Å²) in [6, 6.07) is 2.06.